The van der Waals surface area contributed by atoms with Crippen molar-refractivity contribution in [3.05, 3.63) is 47.5 Å². The molecule has 0 heterocycles. The van der Waals surface area contributed by atoms with Crippen LogP contribution < -0.4 is 5.32 Å². The maximum atomic E-state index is 13.6. The van der Waals surface area contributed by atoms with Crippen molar-refractivity contribution in [1.29, 1.82) is 0 Å². The Morgan fingerprint density at radius 2 is 2.11 bits per heavy atom. The van der Waals surface area contributed by atoms with Gasteiger partial charge in [0.25, 0.3) is 0 Å². The van der Waals surface area contributed by atoms with Gasteiger partial charge in [-0.2, -0.15) is 0 Å². The number of halogens is 2. The number of hydrogen-bond donors (Lipinski definition) is 1. The van der Waals surface area contributed by atoms with Crippen LogP contribution in [-0.4, -0.2) is 12.6 Å². The van der Waals surface area contributed by atoms with Crippen LogP contribution in [0.25, 0.3) is 0 Å². The SMILES string of the molecule is C=C(C)CC(Cc1ccc(F)cc1F)NCCC. The van der Waals surface area contributed by atoms with Gasteiger partial charge in [-0.1, -0.05) is 18.6 Å². The smallest absolute Gasteiger partial charge is 0.129 e. The van der Waals surface area contributed by atoms with E-state index in [0.29, 0.717) is 12.0 Å². The molecule has 3 heteroatoms. The molecule has 100 valence electrons. The monoisotopic (exact) mass is 253 g/mol. The fraction of sp³-hybridized carbons (Fsp3) is 0.467. The fourth-order valence-corrected chi connectivity index (χ4v) is 1.94. The molecule has 1 N–H and O–H groups in total. The van der Waals surface area contributed by atoms with E-state index in [4.69, 9.17) is 0 Å². The van der Waals surface area contributed by atoms with Crippen molar-refractivity contribution in [3.63, 3.8) is 0 Å². The highest BCUT2D eigenvalue weighted by Crippen LogP contribution is 2.14. The van der Waals surface area contributed by atoms with E-state index in [1.54, 1.807) is 0 Å². The summed E-state index contributed by atoms with van der Waals surface area (Å²) in [6.07, 6.45) is 2.38. The first-order valence-corrected chi connectivity index (χ1v) is 6.34. The van der Waals surface area contributed by atoms with Crippen LogP contribution in [0.2, 0.25) is 0 Å². The molecule has 0 bridgehead atoms. The van der Waals surface area contributed by atoms with E-state index in [1.165, 1.54) is 12.1 Å². The molecule has 18 heavy (non-hydrogen) atoms. The van der Waals surface area contributed by atoms with Crippen molar-refractivity contribution in [3.8, 4) is 0 Å². The molecule has 1 aromatic rings. The summed E-state index contributed by atoms with van der Waals surface area (Å²) in [6.45, 7) is 8.82. The van der Waals surface area contributed by atoms with Crippen molar-refractivity contribution in [2.45, 2.75) is 39.2 Å². The summed E-state index contributed by atoms with van der Waals surface area (Å²) >= 11 is 0. The van der Waals surface area contributed by atoms with Crippen LogP contribution in [-0.2, 0) is 6.42 Å². The van der Waals surface area contributed by atoms with E-state index in [2.05, 4.69) is 18.8 Å². The van der Waals surface area contributed by atoms with Gasteiger partial charge in [0.2, 0.25) is 0 Å². The molecule has 1 aromatic carbocycles. The maximum absolute atomic E-state index is 13.6. The Kier molecular flexibility index (Phi) is 5.99. The van der Waals surface area contributed by atoms with E-state index in [9.17, 15) is 8.78 Å². The van der Waals surface area contributed by atoms with Gasteiger partial charge in [-0.25, -0.2) is 8.78 Å². The van der Waals surface area contributed by atoms with E-state index in [1.807, 2.05) is 6.92 Å². The van der Waals surface area contributed by atoms with Gasteiger partial charge < -0.3 is 5.32 Å². The van der Waals surface area contributed by atoms with Gasteiger partial charge >= 0.3 is 0 Å². The highest BCUT2D eigenvalue weighted by atomic mass is 19.1. The molecule has 0 radical (unpaired) electrons. The average Bonchev–Trinajstić information content (AvgIpc) is 2.29. The van der Waals surface area contributed by atoms with Crippen LogP contribution in [0.1, 0.15) is 32.3 Å². The Hall–Kier alpha value is -1.22. The lowest BCUT2D eigenvalue weighted by atomic mass is 9.99. The Morgan fingerprint density at radius 1 is 1.39 bits per heavy atom. The Balaban J connectivity index is 2.71. The van der Waals surface area contributed by atoms with Crippen LogP contribution in [0.15, 0.2) is 30.4 Å². The highest BCUT2D eigenvalue weighted by molar-refractivity contribution is 5.20. The van der Waals surface area contributed by atoms with Gasteiger partial charge in [-0.15, -0.1) is 6.58 Å². The minimum atomic E-state index is -0.533. The Morgan fingerprint density at radius 3 is 2.67 bits per heavy atom. The van der Waals surface area contributed by atoms with Crippen LogP contribution in [0.5, 0.6) is 0 Å². The topological polar surface area (TPSA) is 12.0 Å². The maximum Gasteiger partial charge on any atom is 0.129 e. The number of benzene rings is 1. The van der Waals surface area contributed by atoms with Crippen LogP contribution >= 0.6 is 0 Å². The summed E-state index contributed by atoms with van der Waals surface area (Å²) < 4.78 is 26.4. The minimum absolute atomic E-state index is 0.155. The van der Waals surface area contributed by atoms with Crippen molar-refractivity contribution >= 4 is 0 Å². The number of nitrogens with one attached hydrogen (secondary N) is 1. The zero-order chi connectivity index (χ0) is 13.5. The summed E-state index contributed by atoms with van der Waals surface area (Å²) in [5.41, 5.74) is 1.61. The normalized spacial score (nSPS) is 12.4. The van der Waals surface area contributed by atoms with Crippen molar-refractivity contribution < 1.29 is 8.78 Å². The van der Waals surface area contributed by atoms with Gasteiger partial charge in [0.05, 0.1) is 0 Å². The lowest BCUT2D eigenvalue weighted by Gasteiger charge is -2.19. The van der Waals surface area contributed by atoms with E-state index in [-0.39, 0.29) is 6.04 Å². The molecular weight excluding hydrogens is 232 g/mol. The first-order valence-electron chi connectivity index (χ1n) is 6.34. The molecule has 0 amide bonds. The minimum Gasteiger partial charge on any atom is -0.313 e. The van der Waals surface area contributed by atoms with Crippen LogP contribution in [0.3, 0.4) is 0 Å². The summed E-state index contributed by atoms with van der Waals surface area (Å²) in [5, 5.41) is 3.37. The third kappa shape index (κ3) is 4.96. The van der Waals surface area contributed by atoms with Gasteiger partial charge in [0.1, 0.15) is 11.6 Å². The summed E-state index contributed by atoms with van der Waals surface area (Å²) in [6, 6.07) is 3.91. The third-order valence-corrected chi connectivity index (χ3v) is 2.76. The van der Waals surface area contributed by atoms with E-state index >= 15 is 0 Å². The molecule has 1 atom stereocenters. The second kappa shape index (κ2) is 7.27. The fourth-order valence-electron chi connectivity index (χ4n) is 1.94. The molecule has 0 aliphatic carbocycles. The zero-order valence-electron chi connectivity index (χ0n) is 11.1. The number of hydrogen-bond acceptors (Lipinski definition) is 1. The molecule has 1 unspecified atom stereocenters. The van der Waals surface area contributed by atoms with E-state index in [0.717, 1.165) is 31.0 Å². The average molecular weight is 253 g/mol. The first-order chi connectivity index (χ1) is 8.52. The predicted molar refractivity (Wildman–Crippen MR) is 71.6 cm³/mol. The summed E-state index contributed by atoms with van der Waals surface area (Å²) in [5.74, 6) is -1.01. The predicted octanol–water partition coefficient (Wildman–Crippen LogP) is 3.84. The Bertz CT molecular complexity index is 401. The lowest BCUT2D eigenvalue weighted by molar-refractivity contribution is 0.488. The third-order valence-electron chi connectivity index (χ3n) is 2.76. The van der Waals surface area contributed by atoms with Crippen LogP contribution in [0.4, 0.5) is 8.78 Å². The molecule has 0 saturated heterocycles. The van der Waals surface area contributed by atoms with Gasteiger partial charge in [-0.3, -0.25) is 0 Å². The summed E-state index contributed by atoms with van der Waals surface area (Å²) in [4.78, 5) is 0. The van der Waals surface area contributed by atoms with Crippen molar-refractivity contribution in [1.82, 2.24) is 5.32 Å². The lowest BCUT2D eigenvalue weighted by Crippen LogP contribution is -2.32. The molecule has 1 rings (SSSR count). The van der Waals surface area contributed by atoms with Crippen molar-refractivity contribution in [2.24, 2.45) is 0 Å². The molecule has 0 saturated carbocycles. The molecule has 1 nitrogen and oxygen atoms in total. The van der Waals surface area contributed by atoms with Crippen LogP contribution in [0, 0.1) is 11.6 Å². The zero-order valence-corrected chi connectivity index (χ0v) is 11.1. The van der Waals surface area contributed by atoms with Gasteiger partial charge in [-0.05, 0) is 44.4 Å². The molecule has 0 aromatic heterocycles. The first kappa shape index (κ1) is 14.8. The van der Waals surface area contributed by atoms with Crippen molar-refractivity contribution in [2.75, 3.05) is 6.54 Å². The number of rotatable bonds is 7. The molecule has 0 aliphatic heterocycles. The summed E-state index contributed by atoms with van der Waals surface area (Å²) in [7, 11) is 0. The molecule has 0 fully saturated rings. The standard InChI is InChI=1S/C15H21F2N/c1-4-7-18-14(8-11(2)3)9-12-5-6-13(16)10-15(12)17/h5-6,10,14,18H,2,4,7-9H2,1,3H3. The Labute approximate surface area is 108 Å². The van der Waals surface area contributed by atoms with E-state index < -0.39 is 11.6 Å². The largest absolute Gasteiger partial charge is 0.313 e. The second-order valence-corrected chi connectivity index (χ2v) is 4.75. The quantitative estimate of drug-likeness (QED) is 0.728. The van der Waals surface area contributed by atoms with Gasteiger partial charge in [0, 0.05) is 12.1 Å². The highest BCUT2D eigenvalue weighted by Gasteiger charge is 2.12. The molecule has 0 aliphatic rings. The van der Waals surface area contributed by atoms with Gasteiger partial charge in [0.15, 0.2) is 0 Å². The molecule has 0 spiro atoms. The molecular formula is C15H21F2N. The second-order valence-electron chi connectivity index (χ2n) is 4.75.